The van der Waals surface area contributed by atoms with E-state index in [0.29, 0.717) is 17.2 Å². The van der Waals surface area contributed by atoms with Crippen molar-refractivity contribution in [3.8, 4) is 0 Å². The fraction of sp³-hybridized carbons (Fsp3) is 0.500. The molecule has 0 amide bonds. The van der Waals surface area contributed by atoms with Crippen LogP contribution in [0.4, 0.5) is 10.1 Å². The van der Waals surface area contributed by atoms with Crippen LogP contribution in [0.2, 0.25) is 0 Å². The SMILES string of the molecule is CC(C)CCSCc1cccc(N)c1F. The molecule has 0 saturated heterocycles. The van der Waals surface area contributed by atoms with Crippen LogP contribution in [0.15, 0.2) is 18.2 Å². The maximum atomic E-state index is 13.4. The van der Waals surface area contributed by atoms with Gasteiger partial charge in [0.05, 0.1) is 5.69 Å². The van der Waals surface area contributed by atoms with Gasteiger partial charge in [0, 0.05) is 5.75 Å². The maximum Gasteiger partial charge on any atom is 0.150 e. The van der Waals surface area contributed by atoms with E-state index in [2.05, 4.69) is 13.8 Å². The lowest BCUT2D eigenvalue weighted by molar-refractivity contribution is 0.621. The largest absolute Gasteiger partial charge is 0.396 e. The summed E-state index contributed by atoms with van der Waals surface area (Å²) in [6.45, 7) is 4.39. The molecule has 0 atom stereocenters. The second-order valence-electron chi connectivity index (χ2n) is 4.06. The van der Waals surface area contributed by atoms with Crippen LogP contribution in [-0.4, -0.2) is 5.75 Å². The Morgan fingerprint density at radius 2 is 2.13 bits per heavy atom. The lowest BCUT2D eigenvalue weighted by Gasteiger charge is -2.06. The first kappa shape index (κ1) is 12.4. The van der Waals surface area contributed by atoms with E-state index in [4.69, 9.17) is 5.73 Å². The van der Waals surface area contributed by atoms with Crippen molar-refractivity contribution >= 4 is 17.4 Å². The Morgan fingerprint density at radius 1 is 1.40 bits per heavy atom. The first-order valence-corrected chi connectivity index (χ1v) is 6.37. The van der Waals surface area contributed by atoms with Gasteiger partial charge >= 0.3 is 0 Å². The fourth-order valence-electron chi connectivity index (χ4n) is 1.21. The van der Waals surface area contributed by atoms with E-state index in [1.54, 1.807) is 30.0 Å². The van der Waals surface area contributed by atoms with Crippen molar-refractivity contribution in [1.82, 2.24) is 0 Å². The summed E-state index contributed by atoms with van der Waals surface area (Å²) in [4.78, 5) is 0. The number of nitrogens with two attached hydrogens (primary N) is 1. The fourth-order valence-corrected chi connectivity index (χ4v) is 2.44. The molecule has 1 rings (SSSR count). The van der Waals surface area contributed by atoms with Crippen LogP contribution in [0.25, 0.3) is 0 Å². The van der Waals surface area contributed by atoms with Gasteiger partial charge in [-0.2, -0.15) is 11.8 Å². The topological polar surface area (TPSA) is 26.0 Å². The number of anilines is 1. The quantitative estimate of drug-likeness (QED) is 0.613. The van der Waals surface area contributed by atoms with Gasteiger partial charge < -0.3 is 5.73 Å². The van der Waals surface area contributed by atoms with Crippen LogP contribution >= 0.6 is 11.8 Å². The van der Waals surface area contributed by atoms with E-state index in [-0.39, 0.29) is 11.5 Å². The van der Waals surface area contributed by atoms with Crippen LogP contribution in [0, 0.1) is 11.7 Å². The molecule has 0 spiro atoms. The number of nitrogen functional groups attached to an aromatic ring is 1. The van der Waals surface area contributed by atoms with Gasteiger partial charge in [-0.05, 0) is 29.7 Å². The van der Waals surface area contributed by atoms with E-state index in [1.165, 1.54) is 6.42 Å². The Labute approximate surface area is 95.2 Å². The lowest BCUT2D eigenvalue weighted by atomic mass is 10.2. The van der Waals surface area contributed by atoms with Crippen molar-refractivity contribution in [2.75, 3.05) is 11.5 Å². The molecular formula is C12H18FNS. The second-order valence-corrected chi connectivity index (χ2v) is 5.16. The average Bonchev–Trinajstić information content (AvgIpc) is 2.18. The molecule has 2 N–H and O–H groups in total. The van der Waals surface area contributed by atoms with Crippen LogP contribution in [-0.2, 0) is 5.75 Å². The Hall–Kier alpha value is -0.700. The summed E-state index contributed by atoms with van der Waals surface area (Å²) in [6, 6.07) is 5.20. The third-order valence-corrected chi connectivity index (χ3v) is 3.25. The summed E-state index contributed by atoms with van der Waals surface area (Å²) in [7, 11) is 0. The first-order valence-electron chi connectivity index (χ1n) is 5.22. The maximum absolute atomic E-state index is 13.4. The predicted molar refractivity (Wildman–Crippen MR) is 66.4 cm³/mol. The average molecular weight is 227 g/mol. The Balaban J connectivity index is 2.41. The molecule has 0 saturated carbocycles. The molecule has 0 aliphatic heterocycles. The molecule has 3 heteroatoms. The highest BCUT2D eigenvalue weighted by atomic mass is 32.2. The Bertz CT molecular complexity index is 312. The number of rotatable bonds is 5. The summed E-state index contributed by atoms with van der Waals surface area (Å²) in [6.07, 6.45) is 1.18. The van der Waals surface area contributed by atoms with Crippen LogP contribution in [0.3, 0.4) is 0 Å². The number of halogens is 1. The molecule has 0 fully saturated rings. The van der Waals surface area contributed by atoms with Gasteiger partial charge in [-0.15, -0.1) is 0 Å². The molecule has 0 unspecified atom stereocenters. The zero-order chi connectivity index (χ0) is 11.3. The highest BCUT2D eigenvalue weighted by Crippen LogP contribution is 2.21. The number of hydrogen-bond acceptors (Lipinski definition) is 2. The minimum absolute atomic E-state index is 0.247. The normalized spacial score (nSPS) is 10.9. The minimum Gasteiger partial charge on any atom is -0.396 e. The van der Waals surface area contributed by atoms with E-state index in [0.717, 1.165) is 5.75 Å². The monoisotopic (exact) mass is 227 g/mol. The van der Waals surface area contributed by atoms with Crippen molar-refractivity contribution < 1.29 is 4.39 Å². The van der Waals surface area contributed by atoms with Crippen molar-refractivity contribution in [2.45, 2.75) is 26.0 Å². The zero-order valence-electron chi connectivity index (χ0n) is 9.29. The Morgan fingerprint density at radius 3 is 2.80 bits per heavy atom. The highest BCUT2D eigenvalue weighted by molar-refractivity contribution is 7.98. The van der Waals surface area contributed by atoms with E-state index >= 15 is 0 Å². The van der Waals surface area contributed by atoms with Gasteiger partial charge in [-0.25, -0.2) is 4.39 Å². The molecule has 0 aliphatic rings. The summed E-state index contributed by atoms with van der Waals surface area (Å²) < 4.78 is 13.4. The van der Waals surface area contributed by atoms with Crippen molar-refractivity contribution in [2.24, 2.45) is 5.92 Å². The first-order chi connectivity index (χ1) is 7.11. The summed E-state index contributed by atoms with van der Waals surface area (Å²) in [5.41, 5.74) is 6.45. The molecule has 1 aromatic carbocycles. The molecule has 1 nitrogen and oxygen atoms in total. The number of benzene rings is 1. The molecule has 0 radical (unpaired) electrons. The van der Waals surface area contributed by atoms with Crippen LogP contribution < -0.4 is 5.73 Å². The van der Waals surface area contributed by atoms with Gasteiger partial charge in [0.2, 0.25) is 0 Å². The third-order valence-electron chi connectivity index (χ3n) is 2.21. The van der Waals surface area contributed by atoms with Crippen molar-refractivity contribution in [3.05, 3.63) is 29.6 Å². The summed E-state index contributed by atoms with van der Waals surface area (Å²) >= 11 is 1.76. The second kappa shape index (κ2) is 6.01. The molecule has 1 aromatic rings. The van der Waals surface area contributed by atoms with Crippen LogP contribution in [0.1, 0.15) is 25.8 Å². The lowest BCUT2D eigenvalue weighted by Crippen LogP contribution is -1.96. The van der Waals surface area contributed by atoms with Gasteiger partial charge in [0.1, 0.15) is 5.82 Å². The van der Waals surface area contributed by atoms with Crippen molar-refractivity contribution in [3.63, 3.8) is 0 Å². The van der Waals surface area contributed by atoms with Gasteiger partial charge in [-0.1, -0.05) is 26.0 Å². The van der Waals surface area contributed by atoms with E-state index in [1.807, 2.05) is 0 Å². The molecule has 0 aliphatic carbocycles. The molecule has 0 heterocycles. The highest BCUT2D eigenvalue weighted by Gasteiger charge is 2.05. The van der Waals surface area contributed by atoms with Gasteiger partial charge in [-0.3, -0.25) is 0 Å². The van der Waals surface area contributed by atoms with Gasteiger partial charge in [0.25, 0.3) is 0 Å². The minimum atomic E-state index is -0.255. The van der Waals surface area contributed by atoms with E-state index < -0.39 is 0 Å². The van der Waals surface area contributed by atoms with Crippen LogP contribution in [0.5, 0.6) is 0 Å². The molecule has 15 heavy (non-hydrogen) atoms. The standard InChI is InChI=1S/C12H18FNS/c1-9(2)6-7-15-8-10-4-3-5-11(14)12(10)13/h3-5,9H,6-8,14H2,1-2H3. The molecular weight excluding hydrogens is 209 g/mol. The molecule has 0 bridgehead atoms. The number of hydrogen-bond donors (Lipinski definition) is 1. The predicted octanol–water partition coefficient (Wildman–Crippen LogP) is 3.69. The van der Waals surface area contributed by atoms with E-state index in [9.17, 15) is 4.39 Å². The third kappa shape index (κ3) is 4.12. The summed E-state index contributed by atoms with van der Waals surface area (Å²) in [5.74, 6) is 2.24. The van der Waals surface area contributed by atoms with Crippen molar-refractivity contribution in [1.29, 1.82) is 0 Å². The molecule has 84 valence electrons. The summed E-state index contributed by atoms with van der Waals surface area (Å²) in [5, 5.41) is 0. The Kier molecular flexibility index (Phi) is 4.95. The molecule has 0 aromatic heterocycles. The smallest absolute Gasteiger partial charge is 0.150 e. The number of thioether (sulfide) groups is 1. The van der Waals surface area contributed by atoms with Gasteiger partial charge in [0.15, 0.2) is 0 Å². The zero-order valence-corrected chi connectivity index (χ0v) is 10.1.